The average Bonchev–Trinajstić information content (AvgIpc) is 3.22. The van der Waals surface area contributed by atoms with Gasteiger partial charge in [0, 0.05) is 29.2 Å². The fourth-order valence-corrected chi connectivity index (χ4v) is 5.74. The van der Waals surface area contributed by atoms with E-state index in [4.69, 9.17) is 27.4 Å². The monoisotopic (exact) mass is 566 g/mol. The Morgan fingerprint density at radius 1 is 1.15 bits per heavy atom. The van der Waals surface area contributed by atoms with Crippen LogP contribution in [0.4, 0.5) is 11.4 Å². The van der Waals surface area contributed by atoms with Gasteiger partial charge < -0.3 is 26.2 Å². The first-order valence-electron chi connectivity index (χ1n) is 12.8. The van der Waals surface area contributed by atoms with E-state index in [1.165, 1.54) is 0 Å². The van der Waals surface area contributed by atoms with E-state index in [9.17, 15) is 9.90 Å². The molecule has 1 aliphatic rings. The molecule has 0 aliphatic carbocycles. The minimum Gasteiger partial charge on any atom is -0.481 e. The topological polar surface area (TPSA) is 112 Å². The van der Waals surface area contributed by atoms with Crippen molar-refractivity contribution < 1.29 is 15.0 Å². The molecule has 7 nitrogen and oxygen atoms in total. The molecule has 9 heteroatoms. The van der Waals surface area contributed by atoms with E-state index in [-0.39, 0.29) is 6.42 Å². The summed E-state index contributed by atoms with van der Waals surface area (Å²) in [5, 5.41) is 23.1. The number of aliphatic carboxylic acids is 1. The molecule has 2 heterocycles. The Bertz CT molecular complexity index is 1480. The molecule has 0 spiro atoms. The predicted octanol–water partition coefficient (Wildman–Crippen LogP) is 6.30. The van der Waals surface area contributed by atoms with Gasteiger partial charge in [-0.1, -0.05) is 23.7 Å². The molecule has 1 saturated heterocycles. The number of carboxylic acid groups (broad SMARTS) is 1. The highest BCUT2D eigenvalue weighted by Gasteiger charge is 2.24. The number of nitrogens with one attached hydrogen (secondary N) is 1. The van der Waals surface area contributed by atoms with Crippen LogP contribution in [-0.2, 0) is 11.2 Å². The third-order valence-corrected chi connectivity index (χ3v) is 7.59. The highest BCUT2D eigenvalue weighted by Crippen LogP contribution is 2.41. The molecule has 0 radical (unpaired) electrons. The Hall–Kier alpha value is -3.17. The van der Waals surface area contributed by atoms with E-state index in [0.717, 1.165) is 61.8 Å². The number of thiazole rings is 1. The number of nitrogen functional groups attached to an aromatic ring is 1. The van der Waals surface area contributed by atoms with Gasteiger partial charge in [0.25, 0.3) is 0 Å². The van der Waals surface area contributed by atoms with Gasteiger partial charge in [0.15, 0.2) is 0 Å². The maximum absolute atomic E-state index is 11.7. The van der Waals surface area contributed by atoms with Crippen molar-refractivity contribution >= 4 is 50.5 Å². The number of halogens is 1. The number of likely N-dealkylation sites (N-methyl/N-ethyl adjacent to an activating group) is 1. The zero-order valence-electron chi connectivity index (χ0n) is 22.9. The van der Waals surface area contributed by atoms with Gasteiger partial charge in [-0.2, -0.15) is 0 Å². The number of anilines is 2. The number of carboxylic acids is 1. The lowest BCUT2D eigenvalue weighted by Crippen LogP contribution is -2.52. The van der Waals surface area contributed by atoms with Crippen molar-refractivity contribution in [2.45, 2.75) is 45.8 Å². The van der Waals surface area contributed by atoms with Gasteiger partial charge in [0.1, 0.15) is 5.01 Å². The van der Waals surface area contributed by atoms with E-state index < -0.39 is 11.6 Å². The molecule has 0 amide bonds. The van der Waals surface area contributed by atoms with Crippen LogP contribution in [0.1, 0.15) is 31.9 Å². The average molecular weight is 567 g/mol. The lowest BCUT2D eigenvalue weighted by atomic mass is 9.93. The summed E-state index contributed by atoms with van der Waals surface area (Å²) >= 11 is 7.69. The quantitative estimate of drug-likeness (QED) is 0.202. The smallest absolute Gasteiger partial charge is 0.307 e. The molecule has 1 aliphatic heterocycles. The molecule has 0 saturated carbocycles. The van der Waals surface area contributed by atoms with Crippen molar-refractivity contribution in [2.24, 2.45) is 0 Å². The Kier molecular flexibility index (Phi) is 8.51. The van der Waals surface area contributed by atoms with Gasteiger partial charge in [-0.05, 0) is 87.8 Å². The number of nitrogens with two attached hydrogens (primary N) is 1. The number of hydrogen-bond donors (Lipinski definition) is 4. The summed E-state index contributed by atoms with van der Waals surface area (Å²) in [5.41, 5.74) is 12.7. The number of rotatable bonds is 6. The number of fused-ring (bicyclic) bond motifs is 1. The number of nitrogens with zero attached hydrogens (tertiary/aromatic N) is 2. The van der Waals surface area contributed by atoms with E-state index >= 15 is 0 Å². The maximum atomic E-state index is 11.7. The molecule has 3 aromatic carbocycles. The van der Waals surface area contributed by atoms with Crippen LogP contribution in [0.15, 0.2) is 48.5 Å². The van der Waals surface area contributed by atoms with Crippen LogP contribution in [0.5, 0.6) is 0 Å². The van der Waals surface area contributed by atoms with Crippen molar-refractivity contribution in [1.29, 1.82) is 0 Å². The maximum Gasteiger partial charge on any atom is 0.307 e. The summed E-state index contributed by atoms with van der Waals surface area (Å²) < 4.78 is 0.964. The van der Waals surface area contributed by atoms with Crippen LogP contribution in [-0.4, -0.2) is 57.8 Å². The normalized spacial score (nSPS) is 14.0. The Morgan fingerprint density at radius 2 is 1.77 bits per heavy atom. The Balaban J connectivity index is 0.000000648. The minimum atomic E-state index is -0.863. The zero-order valence-corrected chi connectivity index (χ0v) is 24.5. The fraction of sp³-hybridized carbons (Fsp3) is 0.333. The Morgan fingerprint density at radius 3 is 2.36 bits per heavy atom. The number of aryl methyl sites for hydroxylation is 1. The first kappa shape index (κ1) is 28.8. The lowest BCUT2D eigenvalue weighted by Gasteiger charge is -2.37. The lowest BCUT2D eigenvalue weighted by molar-refractivity contribution is -0.136. The SMILES string of the molecule is CC(C)(C)O.Cc1cc2nc(-c3ccc(N)c(NC4CN(C)C4)c3)sc2c(-c2ccc(Cl)cc2)c1CC(=O)O. The standard InChI is InChI=1S/C26H25ClN4O2S.C4H10O/c1-14-9-22-25(24(19(14)11-23(32)33)15-3-6-17(27)7-4-15)34-26(30-22)16-5-8-20(28)21(10-16)29-18-12-31(2)13-18;1-4(2,3)5/h3-10,18,29H,11-13,28H2,1-2H3,(H,32,33);5H,1-3H3. The number of likely N-dealkylation sites (tertiary alicyclic amines) is 1. The molecule has 1 fully saturated rings. The number of hydrogen-bond acceptors (Lipinski definition) is 7. The number of aliphatic hydroxyl groups is 1. The van der Waals surface area contributed by atoms with Crippen molar-refractivity contribution in [3.05, 3.63) is 64.7 Å². The van der Waals surface area contributed by atoms with E-state index in [0.29, 0.717) is 16.8 Å². The molecular weight excluding hydrogens is 532 g/mol. The summed E-state index contributed by atoms with van der Waals surface area (Å²) in [6.45, 7) is 9.14. The third kappa shape index (κ3) is 7.28. The molecular formula is C30H35ClN4O3S. The van der Waals surface area contributed by atoms with Crippen molar-refractivity contribution in [3.8, 4) is 21.7 Å². The molecule has 5 N–H and O–H groups in total. The predicted molar refractivity (Wildman–Crippen MR) is 163 cm³/mol. The third-order valence-electron chi connectivity index (χ3n) is 6.20. The highest BCUT2D eigenvalue weighted by atomic mass is 35.5. The largest absolute Gasteiger partial charge is 0.481 e. The van der Waals surface area contributed by atoms with Gasteiger partial charge in [0.05, 0.1) is 39.7 Å². The second-order valence-electron chi connectivity index (χ2n) is 11.0. The highest BCUT2D eigenvalue weighted by molar-refractivity contribution is 7.22. The van der Waals surface area contributed by atoms with Crippen molar-refractivity contribution in [3.63, 3.8) is 0 Å². The molecule has 0 unspecified atom stereocenters. The summed E-state index contributed by atoms with van der Waals surface area (Å²) in [4.78, 5) is 18.9. The van der Waals surface area contributed by atoms with Gasteiger partial charge >= 0.3 is 5.97 Å². The van der Waals surface area contributed by atoms with Crippen LogP contribution in [0, 0.1) is 6.92 Å². The minimum absolute atomic E-state index is 0.0568. The first-order valence-corrected chi connectivity index (χ1v) is 14.0. The van der Waals surface area contributed by atoms with Gasteiger partial charge in [-0.25, -0.2) is 4.98 Å². The summed E-state index contributed by atoms with van der Waals surface area (Å²) in [7, 11) is 2.10. The van der Waals surface area contributed by atoms with Crippen LogP contribution in [0.2, 0.25) is 5.02 Å². The molecule has 1 aromatic heterocycles. The molecule has 0 bridgehead atoms. The zero-order chi connectivity index (χ0) is 28.5. The second-order valence-corrected chi connectivity index (χ2v) is 12.5. The van der Waals surface area contributed by atoms with Gasteiger partial charge in [0.2, 0.25) is 0 Å². The Labute approximate surface area is 238 Å². The van der Waals surface area contributed by atoms with E-state index in [1.807, 2.05) is 49.4 Å². The van der Waals surface area contributed by atoms with Gasteiger partial charge in [-0.15, -0.1) is 11.3 Å². The van der Waals surface area contributed by atoms with Crippen LogP contribution in [0.3, 0.4) is 0 Å². The molecule has 5 rings (SSSR count). The van der Waals surface area contributed by atoms with E-state index in [2.05, 4.69) is 23.3 Å². The van der Waals surface area contributed by atoms with Crippen LogP contribution in [0.25, 0.3) is 31.9 Å². The van der Waals surface area contributed by atoms with Gasteiger partial charge in [-0.3, -0.25) is 4.79 Å². The van der Waals surface area contributed by atoms with Crippen molar-refractivity contribution in [1.82, 2.24) is 9.88 Å². The van der Waals surface area contributed by atoms with E-state index in [1.54, 1.807) is 32.1 Å². The fourth-order valence-electron chi connectivity index (χ4n) is 4.48. The van der Waals surface area contributed by atoms with Crippen LogP contribution < -0.4 is 11.1 Å². The molecule has 39 heavy (non-hydrogen) atoms. The molecule has 0 atom stereocenters. The second kappa shape index (κ2) is 11.5. The van der Waals surface area contributed by atoms with Crippen LogP contribution >= 0.6 is 22.9 Å². The summed E-state index contributed by atoms with van der Waals surface area (Å²) in [6, 6.07) is 15.8. The number of benzene rings is 3. The number of aromatic nitrogens is 1. The summed E-state index contributed by atoms with van der Waals surface area (Å²) in [6.07, 6.45) is -0.0568. The summed E-state index contributed by atoms with van der Waals surface area (Å²) in [5.74, 6) is -0.863. The molecule has 206 valence electrons. The number of carbonyl (C=O) groups is 1. The van der Waals surface area contributed by atoms with Crippen molar-refractivity contribution in [2.75, 3.05) is 31.2 Å². The first-order chi connectivity index (χ1) is 18.3. The molecule has 4 aromatic rings.